The van der Waals surface area contributed by atoms with Crippen molar-refractivity contribution in [3.05, 3.63) is 41.3 Å². The van der Waals surface area contributed by atoms with Gasteiger partial charge in [0.05, 0.1) is 5.56 Å². The van der Waals surface area contributed by atoms with Crippen LogP contribution in [0.3, 0.4) is 0 Å². The molecule has 0 bridgehead atoms. The number of benzene rings is 1. The van der Waals surface area contributed by atoms with E-state index in [1.165, 1.54) is 0 Å². The minimum Gasteiger partial charge on any atom is -0.461 e. The summed E-state index contributed by atoms with van der Waals surface area (Å²) in [6.45, 7) is 5.97. The summed E-state index contributed by atoms with van der Waals surface area (Å²) in [5.74, 6) is 2.41. The Balaban J connectivity index is 2.31. The molecule has 0 saturated heterocycles. The van der Waals surface area contributed by atoms with Gasteiger partial charge in [-0.3, -0.25) is 0 Å². The molecule has 0 aliphatic carbocycles. The molecular weight excluding hydrogens is 250 g/mol. The highest BCUT2D eigenvalue weighted by atomic mass is 16.3. The normalized spacial score (nSPS) is 11.0. The lowest BCUT2D eigenvalue weighted by Crippen LogP contribution is -2.02. The van der Waals surface area contributed by atoms with Gasteiger partial charge in [-0.1, -0.05) is 18.2 Å². The zero-order valence-corrected chi connectivity index (χ0v) is 12.1. The summed E-state index contributed by atoms with van der Waals surface area (Å²) in [7, 11) is 1.87. The molecule has 2 aromatic heterocycles. The highest BCUT2D eigenvalue weighted by Crippen LogP contribution is 2.33. The molecule has 4 nitrogen and oxygen atoms in total. The fraction of sp³-hybridized carbons (Fsp3) is 0.250. The fourth-order valence-corrected chi connectivity index (χ4v) is 2.43. The van der Waals surface area contributed by atoms with Gasteiger partial charge in [-0.05, 0) is 26.8 Å². The Bertz CT molecular complexity index is 790. The van der Waals surface area contributed by atoms with Crippen LogP contribution in [-0.4, -0.2) is 17.0 Å². The Morgan fingerprint density at radius 3 is 2.55 bits per heavy atom. The smallest absolute Gasteiger partial charge is 0.165 e. The first-order valence-corrected chi connectivity index (χ1v) is 6.63. The van der Waals surface area contributed by atoms with Gasteiger partial charge < -0.3 is 9.73 Å². The number of aromatic nitrogens is 2. The number of nitrogens with zero attached hydrogens (tertiary/aromatic N) is 2. The lowest BCUT2D eigenvalue weighted by atomic mass is 10.1. The highest BCUT2D eigenvalue weighted by molar-refractivity contribution is 5.94. The minimum absolute atomic E-state index is 0.708. The molecule has 3 aromatic rings. The van der Waals surface area contributed by atoms with E-state index in [0.29, 0.717) is 5.82 Å². The SMILES string of the molecule is CNc1nc(-c2c(C)oc3ccccc23)nc(C)c1C. The Labute approximate surface area is 117 Å². The van der Waals surface area contributed by atoms with E-state index in [-0.39, 0.29) is 0 Å². The largest absolute Gasteiger partial charge is 0.461 e. The van der Waals surface area contributed by atoms with Crippen LogP contribution < -0.4 is 5.32 Å². The van der Waals surface area contributed by atoms with Crippen LogP contribution in [0.1, 0.15) is 17.0 Å². The second kappa shape index (κ2) is 4.63. The zero-order chi connectivity index (χ0) is 14.3. The van der Waals surface area contributed by atoms with Crippen LogP contribution in [0.15, 0.2) is 28.7 Å². The summed E-state index contributed by atoms with van der Waals surface area (Å²) in [5.41, 5.74) is 3.89. The summed E-state index contributed by atoms with van der Waals surface area (Å²) in [4.78, 5) is 9.25. The summed E-state index contributed by atoms with van der Waals surface area (Å²) in [6, 6.07) is 7.97. The van der Waals surface area contributed by atoms with Crippen molar-refractivity contribution >= 4 is 16.8 Å². The molecule has 0 saturated carbocycles. The molecule has 1 N–H and O–H groups in total. The number of hydrogen-bond acceptors (Lipinski definition) is 4. The van der Waals surface area contributed by atoms with Crippen LogP contribution in [0.5, 0.6) is 0 Å². The van der Waals surface area contributed by atoms with Crippen molar-refractivity contribution in [2.45, 2.75) is 20.8 Å². The lowest BCUT2D eigenvalue weighted by molar-refractivity contribution is 0.579. The molecule has 0 fully saturated rings. The Hall–Kier alpha value is -2.36. The molecule has 0 amide bonds. The Kier molecular flexibility index (Phi) is 2.93. The summed E-state index contributed by atoms with van der Waals surface area (Å²) < 4.78 is 5.80. The van der Waals surface area contributed by atoms with Crippen LogP contribution in [-0.2, 0) is 0 Å². The van der Waals surface area contributed by atoms with Crippen molar-refractivity contribution in [2.24, 2.45) is 0 Å². The van der Waals surface area contributed by atoms with Gasteiger partial charge in [-0.15, -0.1) is 0 Å². The fourth-order valence-electron chi connectivity index (χ4n) is 2.43. The zero-order valence-electron chi connectivity index (χ0n) is 12.1. The first kappa shape index (κ1) is 12.7. The number of para-hydroxylation sites is 1. The monoisotopic (exact) mass is 267 g/mol. The number of fused-ring (bicyclic) bond motifs is 1. The Morgan fingerprint density at radius 2 is 1.80 bits per heavy atom. The van der Waals surface area contributed by atoms with E-state index in [0.717, 1.165) is 39.4 Å². The highest BCUT2D eigenvalue weighted by Gasteiger charge is 2.17. The van der Waals surface area contributed by atoms with E-state index >= 15 is 0 Å². The molecule has 0 aliphatic heterocycles. The quantitative estimate of drug-likeness (QED) is 0.766. The number of hydrogen-bond donors (Lipinski definition) is 1. The number of nitrogens with one attached hydrogen (secondary N) is 1. The average molecular weight is 267 g/mol. The van der Waals surface area contributed by atoms with Crippen molar-refractivity contribution in [1.82, 2.24) is 9.97 Å². The maximum Gasteiger partial charge on any atom is 0.165 e. The Morgan fingerprint density at radius 1 is 1.05 bits per heavy atom. The minimum atomic E-state index is 0.708. The molecule has 1 aromatic carbocycles. The first-order chi connectivity index (χ1) is 9.61. The molecule has 0 atom stereocenters. The van der Waals surface area contributed by atoms with Crippen molar-refractivity contribution in [3.63, 3.8) is 0 Å². The van der Waals surface area contributed by atoms with Crippen LogP contribution in [0.4, 0.5) is 5.82 Å². The van der Waals surface area contributed by atoms with Crippen LogP contribution >= 0.6 is 0 Å². The second-order valence-corrected chi connectivity index (χ2v) is 4.89. The predicted octanol–water partition coefficient (Wildman–Crippen LogP) is 3.86. The lowest BCUT2D eigenvalue weighted by Gasteiger charge is -2.09. The molecule has 0 aliphatic rings. The van der Waals surface area contributed by atoms with E-state index < -0.39 is 0 Å². The van der Waals surface area contributed by atoms with Crippen LogP contribution in [0.25, 0.3) is 22.4 Å². The standard InChI is InChI=1S/C16H17N3O/c1-9-10(2)18-16(19-15(9)17-4)14-11(3)20-13-8-6-5-7-12(13)14/h5-8H,1-4H3,(H,17,18,19). The molecule has 0 radical (unpaired) electrons. The summed E-state index contributed by atoms with van der Waals surface area (Å²) in [6.07, 6.45) is 0. The van der Waals surface area contributed by atoms with E-state index in [9.17, 15) is 0 Å². The van der Waals surface area contributed by atoms with Crippen molar-refractivity contribution < 1.29 is 4.42 Å². The van der Waals surface area contributed by atoms with Crippen molar-refractivity contribution in [3.8, 4) is 11.4 Å². The van der Waals surface area contributed by atoms with E-state index in [1.54, 1.807) is 0 Å². The third-order valence-electron chi connectivity index (χ3n) is 3.62. The molecule has 20 heavy (non-hydrogen) atoms. The first-order valence-electron chi connectivity index (χ1n) is 6.63. The van der Waals surface area contributed by atoms with Gasteiger partial charge in [0.1, 0.15) is 17.2 Å². The molecule has 0 unspecified atom stereocenters. The van der Waals surface area contributed by atoms with Gasteiger partial charge in [-0.2, -0.15) is 0 Å². The van der Waals surface area contributed by atoms with Gasteiger partial charge in [-0.25, -0.2) is 9.97 Å². The molecular formula is C16H17N3O. The maximum absolute atomic E-state index is 5.80. The molecule has 3 rings (SSSR count). The van der Waals surface area contributed by atoms with Gasteiger partial charge in [0, 0.05) is 23.7 Å². The van der Waals surface area contributed by atoms with Gasteiger partial charge in [0.2, 0.25) is 0 Å². The topological polar surface area (TPSA) is 51.0 Å². The molecule has 102 valence electrons. The van der Waals surface area contributed by atoms with Crippen LogP contribution in [0, 0.1) is 20.8 Å². The van der Waals surface area contributed by atoms with Crippen molar-refractivity contribution in [2.75, 3.05) is 12.4 Å². The van der Waals surface area contributed by atoms with Gasteiger partial charge in [0.25, 0.3) is 0 Å². The third-order valence-corrected chi connectivity index (χ3v) is 3.62. The number of aryl methyl sites for hydroxylation is 2. The van der Waals surface area contributed by atoms with E-state index in [1.807, 2.05) is 52.1 Å². The van der Waals surface area contributed by atoms with Crippen LogP contribution in [0.2, 0.25) is 0 Å². The molecule has 0 spiro atoms. The van der Waals surface area contributed by atoms with Gasteiger partial charge in [0.15, 0.2) is 5.82 Å². The third kappa shape index (κ3) is 1.84. The number of rotatable bonds is 2. The van der Waals surface area contributed by atoms with E-state index in [2.05, 4.69) is 15.3 Å². The molecule has 4 heteroatoms. The molecule has 2 heterocycles. The predicted molar refractivity (Wildman–Crippen MR) is 81.0 cm³/mol. The number of furan rings is 1. The summed E-state index contributed by atoms with van der Waals surface area (Å²) >= 11 is 0. The number of anilines is 1. The summed E-state index contributed by atoms with van der Waals surface area (Å²) in [5, 5.41) is 4.18. The van der Waals surface area contributed by atoms with Crippen molar-refractivity contribution in [1.29, 1.82) is 0 Å². The average Bonchev–Trinajstić information content (AvgIpc) is 2.77. The second-order valence-electron chi connectivity index (χ2n) is 4.89. The van der Waals surface area contributed by atoms with Gasteiger partial charge >= 0.3 is 0 Å². The maximum atomic E-state index is 5.80. The van der Waals surface area contributed by atoms with E-state index in [4.69, 9.17) is 4.42 Å².